The molecule has 2 aliphatic rings. The van der Waals surface area contributed by atoms with Gasteiger partial charge in [0.25, 0.3) is 0 Å². The normalized spacial score (nSPS) is 29.6. The molecular weight excluding hydrogens is 256 g/mol. The maximum atomic E-state index is 6.08. The first-order chi connectivity index (χ1) is 9.31. The number of nitrogens with two attached hydrogens (primary N) is 1. The average Bonchev–Trinajstić information content (AvgIpc) is 2.94. The third kappa shape index (κ3) is 3.46. The Morgan fingerprint density at radius 3 is 2.79 bits per heavy atom. The zero-order chi connectivity index (χ0) is 13.1. The predicted molar refractivity (Wildman–Crippen MR) is 80.7 cm³/mol. The molecule has 2 fully saturated rings. The highest BCUT2D eigenvalue weighted by molar-refractivity contribution is 7.13. The molecule has 106 valence electrons. The molecule has 1 saturated carbocycles. The van der Waals surface area contributed by atoms with Crippen LogP contribution in [0.25, 0.3) is 0 Å². The van der Waals surface area contributed by atoms with Gasteiger partial charge >= 0.3 is 0 Å². The van der Waals surface area contributed by atoms with Gasteiger partial charge in [0.15, 0.2) is 5.13 Å². The molecule has 1 aromatic rings. The minimum atomic E-state index is 0.454. The van der Waals surface area contributed by atoms with Gasteiger partial charge in [-0.2, -0.15) is 0 Å². The lowest BCUT2D eigenvalue weighted by molar-refractivity contribution is 0.184. The molecule has 19 heavy (non-hydrogen) atoms. The van der Waals surface area contributed by atoms with E-state index in [-0.39, 0.29) is 0 Å². The van der Waals surface area contributed by atoms with Crippen molar-refractivity contribution >= 4 is 16.5 Å². The van der Waals surface area contributed by atoms with Gasteiger partial charge in [-0.05, 0) is 25.2 Å². The minimum Gasteiger partial charge on any atom is -0.346 e. The van der Waals surface area contributed by atoms with Gasteiger partial charge in [0.2, 0.25) is 0 Å². The van der Waals surface area contributed by atoms with E-state index in [9.17, 15) is 0 Å². The average molecular weight is 280 g/mol. The van der Waals surface area contributed by atoms with Crippen molar-refractivity contribution in [2.45, 2.75) is 31.7 Å². The van der Waals surface area contributed by atoms with E-state index in [1.165, 1.54) is 50.4 Å². The molecule has 0 aromatic carbocycles. The van der Waals surface area contributed by atoms with Gasteiger partial charge in [0.05, 0.1) is 0 Å². The first-order valence-electron chi connectivity index (χ1n) is 7.43. The molecule has 0 spiro atoms. The molecule has 0 bridgehead atoms. The monoisotopic (exact) mass is 280 g/mol. The molecule has 1 saturated heterocycles. The molecule has 0 radical (unpaired) electrons. The highest BCUT2D eigenvalue weighted by Crippen LogP contribution is 2.25. The molecule has 1 aromatic heterocycles. The summed E-state index contributed by atoms with van der Waals surface area (Å²) in [5, 5.41) is 3.24. The summed E-state index contributed by atoms with van der Waals surface area (Å²) in [5.41, 5.74) is 6.08. The summed E-state index contributed by atoms with van der Waals surface area (Å²) < 4.78 is 0. The Bertz CT molecular complexity index is 373. The van der Waals surface area contributed by atoms with E-state index in [0.29, 0.717) is 6.04 Å². The van der Waals surface area contributed by atoms with Crippen molar-refractivity contribution in [3.8, 4) is 0 Å². The van der Waals surface area contributed by atoms with Crippen LogP contribution in [0.4, 0.5) is 5.13 Å². The third-order valence-corrected chi connectivity index (χ3v) is 5.23. The van der Waals surface area contributed by atoms with E-state index in [1.54, 1.807) is 11.3 Å². The maximum Gasteiger partial charge on any atom is 0.185 e. The van der Waals surface area contributed by atoms with E-state index < -0.39 is 0 Å². The van der Waals surface area contributed by atoms with Crippen LogP contribution in [-0.4, -0.2) is 48.6 Å². The molecule has 5 heteroatoms. The van der Waals surface area contributed by atoms with Gasteiger partial charge in [-0.25, -0.2) is 4.98 Å². The van der Waals surface area contributed by atoms with Crippen LogP contribution < -0.4 is 10.6 Å². The van der Waals surface area contributed by atoms with E-state index in [2.05, 4.69) is 20.2 Å². The van der Waals surface area contributed by atoms with Crippen molar-refractivity contribution in [1.29, 1.82) is 0 Å². The van der Waals surface area contributed by atoms with Crippen LogP contribution in [-0.2, 0) is 0 Å². The van der Waals surface area contributed by atoms with E-state index in [0.717, 1.165) is 19.0 Å². The Kier molecular flexibility index (Phi) is 4.35. The maximum absolute atomic E-state index is 6.08. The molecule has 2 N–H and O–H groups in total. The second kappa shape index (κ2) is 6.20. The van der Waals surface area contributed by atoms with Crippen molar-refractivity contribution < 1.29 is 0 Å². The van der Waals surface area contributed by atoms with Crippen LogP contribution in [0.2, 0.25) is 0 Å². The van der Waals surface area contributed by atoms with Gasteiger partial charge in [0.1, 0.15) is 0 Å². The van der Waals surface area contributed by atoms with E-state index in [1.807, 2.05) is 6.20 Å². The quantitative estimate of drug-likeness (QED) is 0.917. The van der Waals surface area contributed by atoms with Crippen molar-refractivity contribution in [2.75, 3.05) is 37.6 Å². The van der Waals surface area contributed by atoms with Crippen LogP contribution in [0.15, 0.2) is 11.6 Å². The predicted octanol–water partition coefficient (Wildman–Crippen LogP) is 1.78. The summed E-state index contributed by atoms with van der Waals surface area (Å²) in [6, 6.07) is 0.454. The lowest BCUT2D eigenvalue weighted by atomic mass is 9.86. The molecule has 1 aliphatic heterocycles. The van der Waals surface area contributed by atoms with Crippen LogP contribution >= 0.6 is 11.3 Å². The molecule has 2 heterocycles. The highest BCUT2D eigenvalue weighted by Gasteiger charge is 2.24. The summed E-state index contributed by atoms with van der Waals surface area (Å²) in [6.07, 6.45) is 7.06. The Morgan fingerprint density at radius 2 is 2.11 bits per heavy atom. The third-order valence-electron chi connectivity index (χ3n) is 4.40. The number of rotatable bonds is 3. The Morgan fingerprint density at radius 1 is 1.26 bits per heavy atom. The molecule has 4 nitrogen and oxygen atoms in total. The smallest absolute Gasteiger partial charge is 0.185 e. The standard InChI is InChI=1S/C14H24N4S/c15-13-3-1-2-12(10-13)11-17-5-7-18(8-6-17)14-16-4-9-19-14/h4,9,12-13H,1-3,5-8,10-11,15H2. The number of hydrogen-bond acceptors (Lipinski definition) is 5. The van der Waals surface area contributed by atoms with Gasteiger partial charge in [-0.3, -0.25) is 4.90 Å². The van der Waals surface area contributed by atoms with Gasteiger partial charge in [0, 0.05) is 50.3 Å². The van der Waals surface area contributed by atoms with Crippen LogP contribution in [0.5, 0.6) is 0 Å². The lowest BCUT2D eigenvalue weighted by Gasteiger charge is -2.37. The molecule has 2 unspecified atom stereocenters. The fourth-order valence-corrected chi connectivity index (χ4v) is 4.05. The van der Waals surface area contributed by atoms with Crippen LogP contribution in [0.3, 0.4) is 0 Å². The molecular formula is C14H24N4S. The number of hydrogen-bond donors (Lipinski definition) is 1. The van der Waals surface area contributed by atoms with Crippen molar-refractivity contribution in [3.05, 3.63) is 11.6 Å². The Labute approximate surface area is 119 Å². The second-order valence-electron chi connectivity index (χ2n) is 5.90. The first-order valence-corrected chi connectivity index (χ1v) is 8.31. The van der Waals surface area contributed by atoms with Gasteiger partial charge in [-0.1, -0.05) is 6.42 Å². The van der Waals surface area contributed by atoms with Crippen LogP contribution in [0.1, 0.15) is 25.7 Å². The summed E-state index contributed by atoms with van der Waals surface area (Å²) in [4.78, 5) is 9.43. The summed E-state index contributed by atoms with van der Waals surface area (Å²) in [5.74, 6) is 0.829. The second-order valence-corrected chi connectivity index (χ2v) is 6.77. The Hall–Kier alpha value is -0.650. The topological polar surface area (TPSA) is 45.4 Å². The molecule has 3 rings (SSSR count). The number of aromatic nitrogens is 1. The summed E-state index contributed by atoms with van der Waals surface area (Å²) >= 11 is 1.75. The van der Waals surface area contributed by atoms with Gasteiger partial charge in [-0.15, -0.1) is 11.3 Å². The minimum absolute atomic E-state index is 0.454. The van der Waals surface area contributed by atoms with Crippen molar-refractivity contribution in [1.82, 2.24) is 9.88 Å². The largest absolute Gasteiger partial charge is 0.346 e. The zero-order valence-electron chi connectivity index (χ0n) is 11.5. The molecule has 1 aliphatic carbocycles. The number of nitrogens with zero attached hydrogens (tertiary/aromatic N) is 3. The Balaban J connectivity index is 1.45. The van der Waals surface area contributed by atoms with Crippen LogP contribution in [0, 0.1) is 5.92 Å². The molecule has 2 atom stereocenters. The fourth-order valence-electron chi connectivity index (χ4n) is 3.36. The van der Waals surface area contributed by atoms with Crippen molar-refractivity contribution in [2.24, 2.45) is 11.7 Å². The van der Waals surface area contributed by atoms with E-state index in [4.69, 9.17) is 5.73 Å². The number of piperazine rings is 1. The summed E-state index contributed by atoms with van der Waals surface area (Å²) in [6.45, 7) is 5.83. The lowest BCUT2D eigenvalue weighted by Crippen LogP contribution is -2.48. The van der Waals surface area contributed by atoms with E-state index >= 15 is 0 Å². The highest BCUT2D eigenvalue weighted by atomic mass is 32.1. The van der Waals surface area contributed by atoms with Gasteiger partial charge < -0.3 is 10.6 Å². The first kappa shape index (κ1) is 13.3. The fraction of sp³-hybridized carbons (Fsp3) is 0.786. The van der Waals surface area contributed by atoms with Crippen molar-refractivity contribution in [3.63, 3.8) is 0 Å². The summed E-state index contributed by atoms with van der Waals surface area (Å²) in [7, 11) is 0. The molecule has 0 amide bonds. The SMILES string of the molecule is NC1CCCC(CN2CCN(c3nccs3)CC2)C1. The number of thiazole rings is 1. The zero-order valence-corrected chi connectivity index (χ0v) is 12.3. The number of anilines is 1.